The highest BCUT2D eigenvalue weighted by Gasteiger charge is 2.13. The molecule has 0 spiro atoms. The zero-order valence-electron chi connectivity index (χ0n) is 14.7. The van der Waals surface area contributed by atoms with Crippen LogP contribution in [-0.4, -0.2) is 32.1 Å². The Bertz CT molecular complexity index is 647. The molecule has 1 amide bonds. The molecule has 1 unspecified atom stereocenters. The van der Waals surface area contributed by atoms with Crippen LogP contribution in [0.3, 0.4) is 0 Å². The van der Waals surface area contributed by atoms with E-state index in [2.05, 4.69) is 10.6 Å². The van der Waals surface area contributed by atoms with Crippen molar-refractivity contribution in [2.45, 2.75) is 26.3 Å². The lowest BCUT2D eigenvalue weighted by Gasteiger charge is -2.14. The average molecular weight is 345 g/mol. The van der Waals surface area contributed by atoms with Gasteiger partial charge in [-0.2, -0.15) is 5.26 Å². The van der Waals surface area contributed by atoms with Crippen molar-refractivity contribution in [1.29, 1.82) is 5.26 Å². The number of amides is 1. The van der Waals surface area contributed by atoms with Gasteiger partial charge in [0, 0.05) is 12.7 Å². The second-order valence-corrected chi connectivity index (χ2v) is 5.15. The Balaban J connectivity index is 2.55. The molecule has 1 atom stereocenters. The minimum Gasteiger partial charge on any atom is -0.497 e. The van der Waals surface area contributed by atoms with E-state index in [9.17, 15) is 9.59 Å². The molecule has 0 saturated carbocycles. The monoisotopic (exact) mass is 345 g/mol. The zero-order valence-corrected chi connectivity index (χ0v) is 14.7. The molecule has 1 aromatic carbocycles. The normalized spacial score (nSPS) is 11.8. The molecule has 0 radical (unpaired) electrons. The van der Waals surface area contributed by atoms with E-state index < -0.39 is 5.91 Å². The van der Waals surface area contributed by atoms with Crippen molar-refractivity contribution >= 4 is 11.9 Å². The summed E-state index contributed by atoms with van der Waals surface area (Å²) in [6, 6.07) is 8.86. The molecule has 0 aliphatic carbocycles. The lowest BCUT2D eigenvalue weighted by molar-refractivity contribution is -0.142. The zero-order chi connectivity index (χ0) is 18.7. The molecule has 0 saturated heterocycles. The van der Waals surface area contributed by atoms with Gasteiger partial charge in [0.05, 0.1) is 26.2 Å². The standard InChI is InChI=1S/C18H23N3O4/c1-4-25-17(22)9-10-20-12-15(11-19)18(23)21-13(2)14-5-7-16(24-3)8-6-14/h5-8,12-13,20H,4,9-10H2,1-3H3,(H,21,23)/b15-12-. The van der Waals surface area contributed by atoms with E-state index in [1.807, 2.05) is 25.1 Å². The van der Waals surface area contributed by atoms with Crippen LogP contribution < -0.4 is 15.4 Å². The van der Waals surface area contributed by atoms with Gasteiger partial charge in [0.1, 0.15) is 17.4 Å². The first-order chi connectivity index (χ1) is 12.0. The fourth-order valence-corrected chi connectivity index (χ4v) is 1.98. The van der Waals surface area contributed by atoms with Crippen LogP contribution >= 0.6 is 0 Å². The van der Waals surface area contributed by atoms with E-state index in [0.29, 0.717) is 6.61 Å². The van der Waals surface area contributed by atoms with E-state index in [-0.39, 0.29) is 30.5 Å². The van der Waals surface area contributed by atoms with E-state index in [1.54, 1.807) is 26.2 Å². The Morgan fingerprint density at radius 3 is 2.56 bits per heavy atom. The number of nitriles is 1. The topological polar surface area (TPSA) is 100 Å². The molecule has 1 rings (SSSR count). The molecule has 0 aromatic heterocycles. The Morgan fingerprint density at radius 2 is 2.00 bits per heavy atom. The number of carbonyl (C=O) groups excluding carboxylic acids is 2. The number of nitrogens with one attached hydrogen (secondary N) is 2. The molecular formula is C18H23N3O4. The number of hydrogen-bond donors (Lipinski definition) is 2. The minimum atomic E-state index is -0.491. The number of hydrogen-bond acceptors (Lipinski definition) is 6. The summed E-state index contributed by atoms with van der Waals surface area (Å²) in [7, 11) is 1.58. The van der Waals surface area contributed by atoms with Gasteiger partial charge in [0.25, 0.3) is 5.91 Å². The maximum atomic E-state index is 12.2. The molecule has 2 N–H and O–H groups in total. The van der Waals surface area contributed by atoms with E-state index in [4.69, 9.17) is 14.7 Å². The van der Waals surface area contributed by atoms with Gasteiger partial charge in [0.15, 0.2) is 0 Å². The van der Waals surface area contributed by atoms with Crippen molar-refractivity contribution < 1.29 is 19.1 Å². The van der Waals surface area contributed by atoms with Gasteiger partial charge in [-0.1, -0.05) is 12.1 Å². The SMILES string of the molecule is CCOC(=O)CCN/C=C(/C#N)C(=O)NC(C)c1ccc(OC)cc1. The van der Waals surface area contributed by atoms with Gasteiger partial charge in [-0.3, -0.25) is 9.59 Å². The maximum Gasteiger partial charge on any atom is 0.307 e. The number of benzene rings is 1. The van der Waals surface area contributed by atoms with Gasteiger partial charge in [0.2, 0.25) is 0 Å². The van der Waals surface area contributed by atoms with Crippen LogP contribution in [0.4, 0.5) is 0 Å². The van der Waals surface area contributed by atoms with Crippen LogP contribution in [0.15, 0.2) is 36.0 Å². The third-order valence-corrected chi connectivity index (χ3v) is 3.35. The molecule has 0 fully saturated rings. The molecule has 1 aromatic rings. The number of nitrogens with zero attached hydrogens (tertiary/aromatic N) is 1. The lowest BCUT2D eigenvalue weighted by atomic mass is 10.1. The van der Waals surface area contributed by atoms with Gasteiger partial charge in [-0.25, -0.2) is 0 Å². The summed E-state index contributed by atoms with van der Waals surface area (Å²) in [5, 5.41) is 14.6. The highest BCUT2D eigenvalue weighted by Crippen LogP contribution is 2.17. The van der Waals surface area contributed by atoms with Crippen molar-refractivity contribution in [2.24, 2.45) is 0 Å². The fraction of sp³-hybridized carbons (Fsp3) is 0.389. The van der Waals surface area contributed by atoms with Gasteiger partial charge in [-0.05, 0) is 31.5 Å². The lowest BCUT2D eigenvalue weighted by Crippen LogP contribution is -2.28. The number of ether oxygens (including phenoxy) is 2. The van der Waals surface area contributed by atoms with Crippen molar-refractivity contribution in [2.75, 3.05) is 20.3 Å². The van der Waals surface area contributed by atoms with Gasteiger partial charge < -0.3 is 20.1 Å². The second kappa shape index (κ2) is 10.7. The molecule has 7 nitrogen and oxygen atoms in total. The molecule has 0 aliphatic rings. The van der Waals surface area contributed by atoms with Crippen LogP contribution in [0.5, 0.6) is 5.75 Å². The predicted molar refractivity (Wildman–Crippen MR) is 92.5 cm³/mol. The Morgan fingerprint density at radius 1 is 1.32 bits per heavy atom. The predicted octanol–water partition coefficient (Wildman–Crippen LogP) is 1.82. The number of methoxy groups -OCH3 is 1. The van der Waals surface area contributed by atoms with Crippen molar-refractivity contribution in [3.63, 3.8) is 0 Å². The molecule has 7 heteroatoms. The van der Waals surface area contributed by atoms with Crippen LogP contribution in [0.25, 0.3) is 0 Å². The van der Waals surface area contributed by atoms with Crippen LogP contribution in [-0.2, 0) is 14.3 Å². The molecule has 25 heavy (non-hydrogen) atoms. The minimum absolute atomic E-state index is 0.0655. The summed E-state index contributed by atoms with van der Waals surface area (Å²) in [5.74, 6) is -0.0976. The summed E-state index contributed by atoms with van der Waals surface area (Å²) in [4.78, 5) is 23.4. The average Bonchev–Trinajstić information content (AvgIpc) is 2.61. The van der Waals surface area contributed by atoms with Crippen LogP contribution in [0.1, 0.15) is 31.9 Å². The first-order valence-electron chi connectivity index (χ1n) is 7.95. The molecule has 0 aliphatic heterocycles. The van der Waals surface area contributed by atoms with Crippen molar-refractivity contribution in [3.05, 3.63) is 41.6 Å². The Labute approximate surface area is 147 Å². The second-order valence-electron chi connectivity index (χ2n) is 5.15. The molecule has 0 heterocycles. The van der Waals surface area contributed by atoms with Crippen molar-refractivity contribution in [3.8, 4) is 11.8 Å². The number of esters is 1. The molecule has 0 bridgehead atoms. The summed E-state index contributed by atoms with van der Waals surface area (Å²) < 4.78 is 9.88. The number of rotatable bonds is 9. The summed E-state index contributed by atoms with van der Waals surface area (Å²) in [5.41, 5.74) is 0.825. The first kappa shape index (κ1) is 20.0. The van der Waals surface area contributed by atoms with Crippen molar-refractivity contribution in [1.82, 2.24) is 10.6 Å². The van der Waals surface area contributed by atoms with E-state index in [0.717, 1.165) is 11.3 Å². The fourth-order valence-electron chi connectivity index (χ4n) is 1.98. The highest BCUT2D eigenvalue weighted by molar-refractivity contribution is 5.97. The van der Waals surface area contributed by atoms with Crippen LogP contribution in [0.2, 0.25) is 0 Å². The number of carbonyl (C=O) groups is 2. The maximum absolute atomic E-state index is 12.2. The molecule has 134 valence electrons. The highest BCUT2D eigenvalue weighted by atomic mass is 16.5. The van der Waals surface area contributed by atoms with Gasteiger partial charge in [-0.15, -0.1) is 0 Å². The third kappa shape index (κ3) is 6.96. The summed E-state index contributed by atoms with van der Waals surface area (Å²) in [6.45, 7) is 4.16. The molecular weight excluding hydrogens is 322 g/mol. The summed E-state index contributed by atoms with van der Waals surface area (Å²) in [6.07, 6.45) is 1.46. The van der Waals surface area contributed by atoms with Gasteiger partial charge >= 0.3 is 5.97 Å². The van der Waals surface area contributed by atoms with E-state index in [1.165, 1.54) is 6.20 Å². The smallest absolute Gasteiger partial charge is 0.307 e. The Hall–Kier alpha value is -3.01. The largest absolute Gasteiger partial charge is 0.497 e. The third-order valence-electron chi connectivity index (χ3n) is 3.35. The quantitative estimate of drug-likeness (QED) is 0.306. The Kier molecular flexibility index (Phi) is 8.58. The summed E-state index contributed by atoms with van der Waals surface area (Å²) >= 11 is 0. The first-order valence-corrected chi connectivity index (χ1v) is 7.95. The van der Waals surface area contributed by atoms with Crippen LogP contribution in [0, 0.1) is 11.3 Å². The van der Waals surface area contributed by atoms with E-state index >= 15 is 0 Å².